The van der Waals surface area contributed by atoms with Gasteiger partial charge in [0.05, 0.1) is 12.7 Å². The Bertz CT molecular complexity index is 769. The van der Waals surface area contributed by atoms with Gasteiger partial charge in [0.15, 0.2) is 6.23 Å². The van der Waals surface area contributed by atoms with Crippen LogP contribution < -0.4 is 11.4 Å². The quantitative estimate of drug-likeness (QED) is 0.639. The van der Waals surface area contributed by atoms with Crippen molar-refractivity contribution in [3.63, 3.8) is 0 Å². The summed E-state index contributed by atoms with van der Waals surface area (Å²) in [4.78, 5) is 18.5. The first-order valence-electron chi connectivity index (χ1n) is 10.6. The SMILES string of the molecule is CC.Cc1cn([C@H]2CN(C(C)C)C[C@@H](COP(=O)(C(C)C)N(C)C)O2)c(=O)nc1N. The number of nitrogens with zero attached hydrogens (tertiary/aromatic N) is 4. The predicted molar refractivity (Wildman–Crippen MR) is 122 cm³/mol. The molecule has 0 amide bonds. The molecule has 1 aliphatic heterocycles. The number of morpholine rings is 1. The van der Waals surface area contributed by atoms with Gasteiger partial charge in [-0.3, -0.25) is 14.0 Å². The largest absolute Gasteiger partial charge is 0.383 e. The zero-order valence-electron chi connectivity index (χ0n) is 20.0. The molecular weight excluding hydrogens is 405 g/mol. The Morgan fingerprint density at radius 3 is 2.40 bits per heavy atom. The Morgan fingerprint density at radius 1 is 1.30 bits per heavy atom. The number of anilines is 1. The fourth-order valence-electron chi connectivity index (χ4n) is 3.21. The van der Waals surface area contributed by atoms with Crippen molar-refractivity contribution in [1.29, 1.82) is 0 Å². The molecule has 3 atom stereocenters. The van der Waals surface area contributed by atoms with Gasteiger partial charge >= 0.3 is 5.69 Å². The van der Waals surface area contributed by atoms with E-state index in [9.17, 15) is 9.36 Å². The van der Waals surface area contributed by atoms with Gasteiger partial charge in [0.1, 0.15) is 5.82 Å². The zero-order chi connectivity index (χ0) is 23.2. The summed E-state index contributed by atoms with van der Waals surface area (Å²) >= 11 is 0. The van der Waals surface area contributed by atoms with Crippen LogP contribution in [0.15, 0.2) is 11.0 Å². The first-order chi connectivity index (χ1) is 14.0. The third kappa shape index (κ3) is 6.37. The van der Waals surface area contributed by atoms with Crippen molar-refractivity contribution in [2.45, 2.75) is 72.5 Å². The summed E-state index contributed by atoms with van der Waals surface area (Å²) in [5.41, 5.74) is 5.89. The predicted octanol–water partition coefficient (Wildman–Crippen LogP) is 2.95. The lowest BCUT2D eigenvalue weighted by Gasteiger charge is -2.41. The topological polar surface area (TPSA) is 103 Å². The van der Waals surface area contributed by atoms with E-state index in [4.69, 9.17) is 15.0 Å². The first kappa shape index (κ1) is 26.8. The standard InChI is InChI=1S/C18H34N5O4P.C2H6/c1-12(2)22-9-15(11-26-28(25,13(3)4)21(6)7)27-16(10-22)23-8-14(5)17(19)20-18(23)24;1-2/h8,12-13,15-16H,9-11H2,1-7H3,(H2,19,20,24);1-2H3/t15-,16+,28?;/m0./s1. The lowest BCUT2D eigenvalue weighted by molar-refractivity contribution is -0.139. The highest BCUT2D eigenvalue weighted by Crippen LogP contribution is 2.53. The second-order valence-electron chi connectivity index (χ2n) is 8.06. The summed E-state index contributed by atoms with van der Waals surface area (Å²) in [6.45, 7) is 15.1. The van der Waals surface area contributed by atoms with E-state index >= 15 is 0 Å². The molecule has 0 radical (unpaired) electrons. The molecule has 0 aromatic carbocycles. The number of hydrogen-bond acceptors (Lipinski definition) is 7. The van der Waals surface area contributed by atoms with Crippen LogP contribution in [0.25, 0.3) is 0 Å². The number of ether oxygens (including phenoxy) is 1. The van der Waals surface area contributed by atoms with E-state index in [1.165, 1.54) is 4.57 Å². The molecule has 1 saturated heterocycles. The van der Waals surface area contributed by atoms with Crippen molar-refractivity contribution >= 4 is 13.3 Å². The molecule has 2 rings (SSSR count). The molecule has 0 saturated carbocycles. The van der Waals surface area contributed by atoms with Gasteiger partial charge in [-0.2, -0.15) is 4.98 Å². The first-order valence-corrected chi connectivity index (χ1v) is 12.3. The van der Waals surface area contributed by atoms with Crippen molar-refractivity contribution in [3.8, 4) is 0 Å². The average Bonchev–Trinajstić information content (AvgIpc) is 2.69. The van der Waals surface area contributed by atoms with Gasteiger partial charge in [-0.1, -0.05) is 27.7 Å². The lowest BCUT2D eigenvalue weighted by Crippen LogP contribution is -2.51. The van der Waals surface area contributed by atoms with Crippen LogP contribution in [0.5, 0.6) is 0 Å². The molecule has 10 heteroatoms. The molecule has 0 bridgehead atoms. The number of aromatic nitrogens is 2. The molecule has 2 heterocycles. The Labute approximate surface area is 181 Å². The molecule has 174 valence electrons. The van der Waals surface area contributed by atoms with Gasteiger partial charge in [0.2, 0.25) is 0 Å². The third-order valence-corrected chi connectivity index (χ3v) is 7.99. The molecule has 1 aromatic heterocycles. The Morgan fingerprint density at radius 2 is 1.90 bits per heavy atom. The summed E-state index contributed by atoms with van der Waals surface area (Å²) < 4.78 is 28.3. The number of aryl methyl sites for hydroxylation is 1. The van der Waals surface area contributed by atoms with Crippen LogP contribution in [0, 0.1) is 6.92 Å². The highest BCUT2D eigenvalue weighted by atomic mass is 31.2. The van der Waals surface area contributed by atoms with Gasteiger partial charge in [0.25, 0.3) is 7.52 Å². The summed E-state index contributed by atoms with van der Waals surface area (Å²) in [5, 5.41) is 0. The average molecular weight is 446 g/mol. The summed E-state index contributed by atoms with van der Waals surface area (Å²) in [6, 6.07) is 0.262. The molecule has 0 spiro atoms. The molecule has 0 aliphatic carbocycles. The Balaban J connectivity index is 0.00000218. The van der Waals surface area contributed by atoms with Gasteiger partial charge in [0, 0.05) is 36.6 Å². The summed E-state index contributed by atoms with van der Waals surface area (Å²) in [5.74, 6) is 0.224. The summed E-state index contributed by atoms with van der Waals surface area (Å²) in [6.07, 6.45) is 0.843. The number of nitrogen functional groups attached to an aromatic ring is 1. The van der Waals surface area contributed by atoms with E-state index in [0.29, 0.717) is 13.1 Å². The molecule has 9 nitrogen and oxygen atoms in total. The number of nitrogens with two attached hydrogens (primary N) is 1. The number of hydrogen-bond donors (Lipinski definition) is 1. The fourth-order valence-corrected chi connectivity index (χ4v) is 5.05. The van der Waals surface area contributed by atoms with Crippen molar-refractivity contribution in [1.82, 2.24) is 19.1 Å². The highest BCUT2D eigenvalue weighted by molar-refractivity contribution is 7.57. The van der Waals surface area contributed by atoms with E-state index < -0.39 is 19.4 Å². The van der Waals surface area contributed by atoms with E-state index in [1.807, 2.05) is 27.7 Å². The van der Waals surface area contributed by atoms with Crippen molar-refractivity contribution in [2.75, 3.05) is 39.5 Å². The minimum absolute atomic E-state index is 0.130. The second kappa shape index (κ2) is 11.4. The second-order valence-corrected chi connectivity index (χ2v) is 11.3. The fraction of sp³-hybridized carbons (Fsp3) is 0.800. The van der Waals surface area contributed by atoms with E-state index in [0.717, 1.165) is 5.56 Å². The monoisotopic (exact) mass is 445 g/mol. The normalized spacial score (nSPS) is 22.1. The summed E-state index contributed by atoms with van der Waals surface area (Å²) in [7, 11) is 0.565. The Hall–Kier alpha value is -1.25. The lowest BCUT2D eigenvalue weighted by atomic mass is 10.2. The third-order valence-electron chi connectivity index (χ3n) is 5.05. The van der Waals surface area contributed by atoms with E-state index in [-0.39, 0.29) is 30.2 Å². The minimum atomic E-state index is -2.95. The van der Waals surface area contributed by atoms with Crippen molar-refractivity contribution < 1.29 is 13.8 Å². The van der Waals surface area contributed by atoms with Crippen molar-refractivity contribution in [2.24, 2.45) is 0 Å². The maximum atomic E-state index is 13.1. The number of rotatable bonds is 7. The maximum Gasteiger partial charge on any atom is 0.351 e. The van der Waals surface area contributed by atoms with Gasteiger partial charge in [-0.05, 0) is 34.9 Å². The molecule has 2 N–H and O–H groups in total. The van der Waals surface area contributed by atoms with E-state index in [2.05, 4.69) is 23.7 Å². The van der Waals surface area contributed by atoms with Gasteiger partial charge < -0.3 is 15.0 Å². The smallest absolute Gasteiger partial charge is 0.351 e. The van der Waals surface area contributed by atoms with Crippen LogP contribution in [0.1, 0.15) is 53.3 Å². The molecule has 1 aliphatic rings. The maximum absolute atomic E-state index is 13.1. The van der Waals surface area contributed by atoms with Crippen LogP contribution in [0.4, 0.5) is 5.82 Å². The Kier molecular flexibility index (Phi) is 10.2. The van der Waals surface area contributed by atoms with Crippen LogP contribution in [0.3, 0.4) is 0 Å². The molecule has 1 fully saturated rings. The van der Waals surface area contributed by atoms with Crippen LogP contribution in [-0.4, -0.2) is 70.7 Å². The van der Waals surface area contributed by atoms with Gasteiger partial charge in [-0.15, -0.1) is 0 Å². The molecule has 1 aromatic rings. The zero-order valence-corrected chi connectivity index (χ0v) is 20.8. The van der Waals surface area contributed by atoms with Gasteiger partial charge in [-0.25, -0.2) is 9.46 Å². The van der Waals surface area contributed by atoms with Crippen LogP contribution in [0.2, 0.25) is 0 Å². The molecule has 1 unspecified atom stereocenters. The molecular formula is C20H40N5O4P. The van der Waals surface area contributed by atoms with Crippen molar-refractivity contribution in [3.05, 3.63) is 22.2 Å². The van der Waals surface area contributed by atoms with E-state index in [1.54, 1.807) is 31.9 Å². The highest BCUT2D eigenvalue weighted by Gasteiger charge is 2.35. The van der Waals surface area contributed by atoms with Crippen LogP contribution >= 0.6 is 7.52 Å². The van der Waals surface area contributed by atoms with Crippen LogP contribution in [-0.2, 0) is 13.8 Å². The minimum Gasteiger partial charge on any atom is -0.383 e. The molecule has 30 heavy (non-hydrogen) atoms.